The minimum absolute atomic E-state index is 0.282. The van der Waals surface area contributed by atoms with Crippen molar-refractivity contribution in [2.24, 2.45) is 0 Å². The maximum Gasteiger partial charge on any atom is 0.227 e. The summed E-state index contributed by atoms with van der Waals surface area (Å²) >= 11 is 0. The number of hydrogen-bond acceptors (Lipinski definition) is 5. The lowest BCUT2D eigenvalue weighted by atomic mass is 10.2. The van der Waals surface area contributed by atoms with Gasteiger partial charge in [0.2, 0.25) is 5.88 Å². The number of aryl methyl sites for hydroxylation is 2. The number of ether oxygens (including phenoxy) is 2. The molecule has 0 spiro atoms. The second-order valence-corrected chi connectivity index (χ2v) is 9.42. The van der Waals surface area contributed by atoms with Gasteiger partial charge in [-0.25, -0.2) is 4.68 Å². The van der Waals surface area contributed by atoms with Crippen LogP contribution in [0.15, 0.2) is 84.9 Å². The number of aromatic nitrogens is 2. The van der Waals surface area contributed by atoms with Crippen LogP contribution in [0.1, 0.15) is 35.7 Å². The fraction of sp³-hybridized carbons (Fsp3) is 0.323. The number of rotatable bonds is 13. The van der Waals surface area contributed by atoms with E-state index in [2.05, 4.69) is 18.7 Å². The van der Waals surface area contributed by atoms with E-state index in [0.29, 0.717) is 25.6 Å². The molecule has 37 heavy (non-hydrogen) atoms. The van der Waals surface area contributed by atoms with Gasteiger partial charge in [-0.15, -0.1) is 0 Å². The summed E-state index contributed by atoms with van der Waals surface area (Å²) in [5.74, 6) is 1.46. The van der Waals surface area contributed by atoms with Gasteiger partial charge >= 0.3 is 0 Å². The third kappa shape index (κ3) is 7.52. The third-order valence-corrected chi connectivity index (χ3v) is 6.19. The van der Waals surface area contributed by atoms with Crippen molar-refractivity contribution in [2.45, 2.75) is 46.4 Å². The van der Waals surface area contributed by atoms with E-state index in [1.165, 1.54) is 5.56 Å². The quantitative estimate of drug-likeness (QED) is 0.242. The first-order valence-electron chi connectivity index (χ1n) is 12.9. The zero-order chi connectivity index (χ0) is 26.0. The highest BCUT2D eigenvalue weighted by Crippen LogP contribution is 2.32. The molecule has 0 unspecified atom stereocenters. The van der Waals surface area contributed by atoms with E-state index in [4.69, 9.17) is 14.6 Å². The number of hydrogen-bond donors (Lipinski definition) is 1. The molecule has 4 rings (SSSR count). The number of aliphatic hydroxyl groups is 1. The van der Waals surface area contributed by atoms with E-state index in [0.717, 1.165) is 41.2 Å². The van der Waals surface area contributed by atoms with Crippen LogP contribution in [0.3, 0.4) is 0 Å². The highest BCUT2D eigenvalue weighted by molar-refractivity contribution is 5.43. The normalized spacial score (nSPS) is 12.1. The summed E-state index contributed by atoms with van der Waals surface area (Å²) in [4.78, 5) is 2.25. The van der Waals surface area contributed by atoms with Crippen molar-refractivity contribution in [3.63, 3.8) is 0 Å². The molecule has 194 valence electrons. The topological polar surface area (TPSA) is 59.8 Å². The van der Waals surface area contributed by atoms with Gasteiger partial charge in [-0.05, 0) is 56.6 Å². The molecule has 6 heteroatoms. The molecule has 0 aliphatic carbocycles. The zero-order valence-electron chi connectivity index (χ0n) is 22.0. The van der Waals surface area contributed by atoms with Crippen molar-refractivity contribution in [1.29, 1.82) is 0 Å². The second-order valence-electron chi connectivity index (χ2n) is 9.42. The highest BCUT2D eigenvalue weighted by Gasteiger charge is 2.22. The molecular weight excluding hydrogens is 462 g/mol. The monoisotopic (exact) mass is 499 g/mol. The van der Waals surface area contributed by atoms with E-state index in [9.17, 15) is 5.11 Å². The molecule has 6 nitrogen and oxygen atoms in total. The van der Waals surface area contributed by atoms with Crippen LogP contribution in [-0.4, -0.2) is 45.6 Å². The van der Waals surface area contributed by atoms with Gasteiger partial charge in [0.1, 0.15) is 5.75 Å². The van der Waals surface area contributed by atoms with E-state index in [1.54, 1.807) is 0 Å². The molecule has 0 fully saturated rings. The predicted octanol–water partition coefficient (Wildman–Crippen LogP) is 6.07. The molecular formula is C31H37N3O3. The summed E-state index contributed by atoms with van der Waals surface area (Å²) in [6.07, 6.45) is 0.374. The average molecular weight is 500 g/mol. The fourth-order valence-electron chi connectivity index (χ4n) is 4.30. The fourth-order valence-corrected chi connectivity index (χ4v) is 4.30. The predicted molar refractivity (Wildman–Crippen MR) is 147 cm³/mol. The molecule has 4 aromatic rings. The number of nitrogens with zero attached hydrogens (tertiary/aromatic N) is 3. The molecule has 0 aliphatic rings. The van der Waals surface area contributed by atoms with Crippen LogP contribution in [0, 0.1) is 13.8 Å². The Labute approximate surface area is 220 Å². The Hall–Kier alpha value is -3.45. The molecule has 1 N–H and O–H groups in total. The molecule has 0 bridgehead atoms. The molecule has 0 radical (unpaired) electrons. The largest absolute Gasteiger partial charge is 0.439 e. The van der Waals surface area contributed by atoms with Gasteiger partial charge in [-0.3, -0.25) is 4.90 Å². The Balaban J connectivity index is 1.52. The van der Waals surface area contributed by atoms with Crippen LogP contribution in [0.5, 0.6) is 11.6 Å². The summed E-state index contributed by atoms with van der Waals surface area (Å²) in [5, 5.41) is 15.6. The molecule has 0 saturated heterocycles. The molecule has 1 aromatic heterocycles. The first-order valence-corrected chi connectivity index (χ1v) is 12.9. The summed E-state index contributed by atoms with van der Waals surface area (Å²) in [7, 11) is 0. The van der Waals surface area contributed by atoms with Gasteiger partial charge in [-0.1, -0.05) is 73.2 Å². The number of benzene rings is 3. The maximum atomic E-state index is 10.8. The van der Waals surface area contributed by atoms with Gasteiger partial charge in [0, 0.05) is 13.1 Å². The van der Waals surface area contributed by atoms with Gasteiger partial charge < -0.3 is 14.6 Å². The Morgan fingerprint density at radius 3 is 2.27 bits per heavy atom. The summed E-state index contributed by atoms with van der Waals surface area (Å²) in [6, 6.07) is 28.1. The maximum absolute atomic E-state index is 10.8. The minimum atomic E-state index is -0.596. The minimum Gasteiger partial charge on any atom is -0.439 e. The highest BCUT2D eigenvalue weighted by atomic mass is 16.5. The third-order valence-electron chi connectivity index (χ3n) is 6.19. The first kappa shape index (κ1) is 26.6. The van der Waals surface area contributed by atoms with E-state index < -0.39 is 6.10 Å². The first-order chi connectivity index (χ1) is 18.0. The van der Waals surface area contributed by atoms with E-state index in [1.807, 2.05) is 96.5 Å². The van der Waals surface area contributed by atoms with Crippen molar-refractivity contribution in [2.75, 3.05) is 19.7 Å². The van der Waals surface area contributed by atoms with Crippen LogP contribution in [0.2, 0.25) is 0 Å². The Morgan fingerprint density at radius 2 is 1.59 bits per heavy atom. The molecule has 1 heterocycles. The smallest absolute Gasteiger partial charge is 0.227 e. The molecule has 0 aliphatic heterocycles. The molecule has 0 saturated carbocycles. The summed E-state index contributed by atoms with van der Waals surface area (Å²) in [5.41, 5.74) is 5.13. The van der Waals surface area contributed by atoms with Crippen LogP contribution in [-0.2, 0) is 17.9 Å². The van der Waals surface area contributed by atoms with Crippen LogP contribution < -0.4 is 4.74 Å². The lowest BCUT2D eigenvalue weighted by Crippen LogP contribution is -2.35. The molecule has 0 amide bonds. The van der Waals surface area contributed by atoms with E-state index in [-0.39, 0.29) is 6.61 Å². The van der Waals surface area contributed by atoms with Crippen LogP contribution in [0.25, 0.3) is 5.69 Å². The summed E-state index contributed by atoms with van der Waals surface area (Å²) < 4.78 is 14.1. The van der Waals surface area contributed by atoms with Crippen LogP contribution in [0.4, 0.5) is 0 Å². The SMILES string of the molecule is CCCN(Cc1c(C)nn(-c2ccccc2)c1Oc1ccc(C)cc1)C[C@H](O)COCc1ccccc1. The van der Waals surface area contributed by atoms with Crippen molar-refractivity contribution < 1.29 is 14.6 Å². The standard InChI is InChI=1S/C31H37N3O3/c1-4-19-33(20-28(35)23-36-22-26-11-7-5-8-12-26)21-30-25(3)32-34(27-13-9-6-10-14-27)31(30)37-29-17-15-24(2)16-18-29/h5-18,28,35H,4,19-23H2,1-3H3/t28-/m0/s1. The van der Waals surface area contributed by atoms with Gasteiger partial charge in [0.25, 0.3) is 0 Å². The van der Waals surface area contributed by atoms with Crippen molar-refractivity contribution in [1.82, 2.24) is 14.7 Å². The van der Waals surface area contributed by atoms with E-state index >= 15 is 0 Å². The average Bonchev–Trinajstić information content (AvgIpc) is 3.21. The number of para-hydroxylation sites is 1. The Kier molecular flexibility index (Phi) is 9.49. The lowest BCUT2D eigenvalue weighted by molar-refractivity contribution is 0.00845. The molecule has 1 atom stereocenters. The Morgan fingerprint density at radius 1 is 0.919 bits per heavy atom. The van der Waals surface area contributed by atoms with Gasteiger partial charge in [-0.2, -0.15) is 5.10 Å². The van der Waals surface area contributed by atoms with Crippen molar-refractivity contribution >= 4 is 0 Å². The number of aliphatic hydroxyl groups excluding tert-OH is 1. The second kappa shape index (κ2) is 13.2. The lowest BCUT2D eigenvalue weighted by Gasteiger charge is -2.25. The molecule has 3 aromatic carbocycles. The van der Waals surface area contributed by atoms with Crippen molar-refractivity contribution in [3.8, 4) is 17.3 Å². The van der Waals surface area contributed by atoms with Gasteiger partial charge in [0.15, 0.2) is 0 Å². The van der Waals surface area contributed by atoms with Crippen molar-refractivity contribution in [3.05, 3.63) is 107 Å². The van der Waals surface area contributed by atoms with Crippen LogP contribution >= 0.6 is 0 Å². The summed E-state index contributed by atoms with van der Waals surface area (Å²) in [6.45, 7) is 8.95. The van der Waals surface area contributed by atoms with Gasteiger partial charge in [0.05, 0.1) is 36.3 Å². The zero-order valence-corrected chi connectivity index (χ0v) is 22.0. The Bertz CT molecular complexity index is 1220.